The molecule has 1 amide bonds. The SMILES string of the molecule is O=C(NCc1ccc(N2CCOCC2)nc1)c1cnc2n(c1=O)CCS2. The second kappa shape index (κ2) is 7.46. The summed E-state index contributed by atoms with van der Waals surface area (Å²) in [5, 5.41) is 3.45. The number of carbonyl (C=O) groups is 1. The number of hydrogen-bond acceptors (Lipinski definition) is 7. The molecule has 0 aromatic carbocycles. The van der Waals surface area contributed by atoms with Gasteiger partial charge in [0.1, 0.15) is 11.4 Å². The second-order valence-electron chi connectivity index (χ2n) is 6.07. The number of fused-ring (bicyclic) bond motifs is 1. The Morgan fingerprint density at radius 3 is 2.81 bits per heavy atom. The molecule has 1 N–H and O–H groups in total. The minimum absolute atomic E-state index is 0.0779. The van der Waals surface area contributed by atoms with Gasteiger partial charge in [0.15, 0.2) is 5.16 Å². The first-order valence-electron chi connectivity index (χ1n) is 8.51. The molecule has 1 fully saturated rings. The van der Waals surface area contributed by atoms with Crippen LogP contribution >= 0.6 is 11.8 Å². The molecule has 2 aromatic rings. The Balaban J connectivity index is 1.39. The summed E-state index contributed by atoms with van der Waals surface area (Å²) in [5.74, 6) is 1.31. The van der Waals surface area contributed by atoms with E-state index in [0.29, 0.717) is 31.5 Å². The van der Waals surface area contributed by atoms with Crippen LogP contribution in [-0.2, 0) is 17.8 Å². The molecule has 8 nitrogen and oxygen atoms in total. The number of hydrogen-bond donors (Lipinski definition) is 1. The van der Waals surface area contributed by atoms with Crippen LogP contribution in [0.1, 0.15) is 15.9 Å². The van der Waals surface area contributed by atoms with Crippen molar-refractivity contribution < 1.29 is 9.53 Å². The minimum Gasteiger partial charge on any atom is -0.378 e. The lowest BCUT2D eigenvalue weighted by Gasteiger charge is -2.27. The van der Waals surface area contributed by atoms with Crippen LogP contribution < -0.4 is 15.8 Å². The van der Waals surface area contributed by atoms with Gasteiger partial charge in [-0.2, -0.15) is 0 Å². The third-order valence-electron chi connectivity index (χ3n) is 4.40. The molecule has 9 heteroatoms. The summed E-state index contributed by atoms with van der Waals surface area (Å²) in [6.07, 6.45) is 3.11. The molecular formula is C17H19N5O3S. The topological polar surface area (TPSA) is 89.3 Å². The monoisotopic (exact) mass is 373 g/mol. The van der Waals surface area contributed by atoms with E-state index in [4.69, 9.17) is 4.74 Å². The lowest BCUT2D eigenvalue weighted by atomic mass is 10.2. The highest BCUT2D eigenvalue weighted by atomic mass is 32.2. The van der Waals surface area contributed by atoms with Gasteiger partial charge in [-0.1, -0.05) is 17.8 Å². The molecule has 0 saturated carbocycles. The quantitative estimate of drug-likeness (QED) is 0.781. The van der Waals surface area contributed by atoms with Crippen molar-refractivity contribution in [2.24, 2.45) is 0 Å². The van der Waals surface area contributed by atoms with Crippen LogP contribution in [0.4, 0.5) is 5.82 Å². The van der Waals surface area contributed by atoms with Crippen LogP contribution in [0.15, 0.2) is 34.5 Å². The number of amides is 1. The van der Waals surface area contributed by atoms with E-state index in [1.165, 1.54) is 18.0 Å². The van der Waals surface area contributed by atoms with Gasteiger partial charge in [0.25, 0.3) is 11.5 Å². The number of pyridine rings is 1. The largest absolute Gasteiger partial charge is 0.378 e. The van der Waals surface area contributed by atoms with Gasteiger partial charge in [0.05, 0.1) is 13.2 Å². The van der Waals surface area contributed by atoms with Gasteiger partial charge in [0, 0.05) is 44.3 Å². The van der Waals surface area contributed by atoms with E-state index in [1.54, 1.807) is 10.8 Å². The smallest absolute Gasteiger partial charge is 0.267 e. The zero-order valence-corrected chi connectivity index (χ0v) is 15.0. The van der Waals surface area contributed by atoms with Gasteiger partial charge in [-0.25, -0.2) is 9.97 Å². The fraction of sp³-hybridized carbons (Fsp3) is 0.412. The summed E-state index contributed by atoms with van der Waals surface area (Å²) in [6, 6.07) is 3.87. The molecule has 2 aromatic heterocycles. The van der Waals surface area contributed by atoms with Crippen molar-refractivity contribution in [3.63, 3.8) is 0 Å². The summed E-state index contributed by atoms with van der Waals surface area (Å²) in [5.41, 5.74) is 0.674. The third-order valence-corrected chi connectivity index (χ3v) is 5.37. The number of morpholine rings is 1. The molecule has 4 rings (SSSR count). The maximum atomic E-state index is 12.4. The number of nitrogens with zero attached hydrogens (tertiary/aromatic N) is 4. The predicted octanol–water partition coefficient (Wildman–Crippen LogP) is 0.511. The third kappa shape index (κ3) is 3.45. The van der Waals surface area contributed by atoms with Gasteiger partial charge in [-0.15, -0.1) is 0 Å². The van der Waals surface area contributed by atoms with Crippen LogP contribution in [0.25, 0.3) is 0 Å². The van der Waals surface area contributed by atoms with Crippen molar-refractivity contribution in [2.45, 2.75) is 18.2 Å². The Morgan fingerprint density at radius 1 is 1.19 bits per heavy atom. The molecule has 1 saturated heterocycles. The van der Waals surface area contributed by atoms with Crippen LogP contribution in [0, 0.1) is 0 Å². The normalized spacial score (nSPS) is 16.4. The zero-order valence-electron chi connectivity index (χ0n) is 14.2. The van der Waals surface area contributed by atoms with E-state index < -0.39 is 5.91 Å². The Bertz CT molecular complexity index is 862. The number of nitrogens with one attached hydrogen (secondary N) is 1. The Hall–Kier alpha value is -2.39. The van der Waals surface area contributed by atoms with Gasteiger partial charge >= 0.3 is 0 Å². The van der Waals surface area contributed by atoms with E-state index in [0.717, 1.165) is 30.2 Å². The molecule has 2 aliphatic rings. The van der Waals surface area contributed by atoms with Crippen molar-refractivity contribution in [3.8, 4) is 0 Å². The Morgan fingerprint density at radius 2 is 2.04 bits per heavy atom. The molecule has 4 heterocycles. The zero-order chi connectivity index (χ0) is 17.9. The predicted molar refractivity (Wildman–Crippen MR) is 97.7 cm³/mol. The molecule has 0 bridgehead atoms. The molecule has 0 radical (unpaired) electrons. The van der Waals surface area contributed by atoms with Crippen LogP contribution in [0.5, 0.6) is 0 Å². The number of ether oxygens (including phenoxy) is 1. The van der Waals surface area contributed by atoms with Gasteiger partial charge in [-0.05, 0) is 11.6 Å². The van der Waals surface area contributed by atoms with Crippen molar-refractivity contribution in [1.29, 1.82) is 0 Å². The van der Waals surface area contributed by atoms with E-state index in [1.807, 2.05) is 12.1 Å². The van der Waals surface area contributed by atoms with Crippen molar-refractivity contribution in [2.75, 3.05) is 37.0 Å². The molecular weight excluding hydrogens is 354 g/mol. The van der Waals surface area contributed by atoms with E-state index >= 15 is 0 Å². The fourth-order valence-electron chi connectivity index (χ4n) is 2.95. The number of rotatable bonds is 4. The van der Waals surface area contributed by atoms with Gasteiger partial charge < -0.3 is 15.0 Å². The summed E-state index contributed by atoms with van der Waals surface area (Å²) in [6.45, 7) is 3.99. The average Bonchev–Trinajstić information content (AvgIpc) is 3.17. The first-order valence-corrected chi connectivity index (χ1v) is 9.49. The Labute approximate surface area is 154 Å². The number of thioether (sulfide) groups is 1. The molecule has 26 heavy (non-hydrogen) atoms. The maximum Gasteiger partial charge on any atom is 0.267 e. The molecule has 0 aliphatic carbocycles. The number of carbonyl (C=O) groups excluding carboxylic acids is 1. The summed E-state index contributed by atoms with van der Waals surface area (Å²) >= 11 is 1.53. The summed E-state index contributed by atoms with van der Waals surface area (Å²) < 4.78 is 6.89. The van der Waals surface area contributed by atoms with Crippen molar-refractivity contribution in [3.05, 3.63) is 46.0 Å². The molecule has 0 atom stereocenters. The van der Waals surface area contributed by atoms with E-state index in [-0.39, 0.29) is 11.1 Å². The highest BCUT2D eigenvalue weighted by molar-refractivity contribution is 7.99. The van der Waals surface area contributed by atoms with E-state index in [2.05, 4.69) is 20.2 Å². The first kappa shape index (κ1) is 17.0. The molecule has 2 aliphatic heterocycles. The van der Waals surface area contributed by atoms with Gasteiger partial charge in [-0.3, -0.25) is 14.2 Å². The second-order valence-corrected chi connectivity index (χ2v) is 7.13. The summed E-state index contributed by atoms with van der Waals surface area (Å²) in [4.78, 5) is 35.5. The highest BCUT2D eigenvalue weighted by Crippen LogP contribution is 2.20. The van der Waals surface area contributed by atoms with Crippen molar-refractivity contribution in [1.82, 2.24) is 19.9 Å². The summed E-state index contributed by atoms with van der Waals surface area (Å²) in [7, 11) is 0. The minimum atomic E-state index is -0.410. The van der Waals surface area contributed by atoms with E-state index in [9.17, 15) is 9.59 Å². The highest BCUT2D eigenvalue weighted by Gasteiger charge is 2.20. The van der Waals surface area contributed by atoms with Crippen LogP contribution in [0.3, 0.4) is 0 Å². The average molecular weight is 373 g/mol. The standard InChI is InChI=1S/C17H19N5O3S/c23-15(13-11-20-17-22(16(13)24)5-8-26-17)19-10-12-1-2-14(18-9-12)21-3-6-25-7-4-21/h1-2,9,11H,3-8,10H2,(H,19,23). The van der Waals surface area contributed by atoms with Crippen LogP contribution in [0.2, 0.25) is 0 Å². The van der Waals surface area contributed by atoms with Gasteiger partial charge in [0.2, 0.25) is 0 Å². The van der Waals surface area contributed by atoms with Crippen LogP contribution in [-0.4, -0.2) is 52.5 Å². The lowest BCUT2D eigenvalue weighted by molar-refractivity contribution is 0.0948. The lowest BCUT2D eigenvalue weighted by Crippen LogP contribution is -2.36. The molecule has 136 valence electrons. The number of aromatic nitrogens is 3. The maximum absolute atomic E-state index is 12.4. The molecule has 0 unspecified atom stereocenters. The molecule has 0 spiro atoms. The first-order chi connectivity index (χ1) is 12.7. The Kier molecular flexibility index (Phi) is 4.89. The fourth-order valence-corrected chi connectivity index (χ4v) is 3.87. The van der Waals surface area contributed by atoms with Crippen molar-refractivity contribution >= 4 is 23.5 Å². The number of anilines is 1.